The average molecular weight is 371 g/mol. The molecule has 2 aromatic heterocycles. The van der Waals surface area contributed by atoms with Crippen LogP contribution in [0.15, 0.2) is 57.7 Å². The minimum Gasteiger partial charge on any atom is -0.361 e. The van der Waals surface area contributed by atoms with Crippen molar-refractivity contribution < 1.29 is 9.32 Å². The van der Waals surface area contributed by atoms with Gasteiger partial charge in [-0.15, -0.1) is 0 Å². The number of carbonyl (C=O) groups is 1. The van der Waals surface area contributed by atoms with Crippen molar-refractivity contribution in [2.24, 2.45) is 0 Å². The van der Waals surface area contributed by atoms with E-state index in [0.717, 1.165) is 21.4 Å². The number of aryl methyl sites for hydroxylation is 2. The molecule has 1 aromatic carbocycles. The van der Waals surface area contributed by atoms with Gasteiger partial charge in [-0.3, -0.25) is 9.78 Å². The van der Waals surface area contributed by atoms with Gasteiger partial charge in [0.2, 0.25) is 0 Å². The van der Waals surface area contributed by atoms with Crippen LogP contribution >= 0.6 is 15.9 Å². The molecule has 0 saturated carbocycles. The second-order valence-electron chi connectivity index (χ2n) is 5.30. The van der Waals surface area contributed by atoms with Crippen LogP contribution in [0, 0.1) is 6.92 Å². The van der Waals surface area contributed by atoms with Crippen LogP contribution in [0.5, 0.6) is 0 Å². The molecule has 23 heavy (non-hydrogen) atoms. The summed E-state index contributed by atoms with van der Waals surface area (Å²) in [6.07, 6.45) is 2.51. The molecule has 0 fully saturated rings. The predicted octanol–water partition coefficient (Wildman–Crippen LogP) is 4.62. The molecule has 0 aliphatic heterocycles. The smallest absolute Gasteiger partial charge is 0.164 e. The van der Waals surface area contributed by atoms with Crippen LogP contribution in [0.3, 0.4) is 0 Å². The Morgan fingerprint density at radius 2 is 2.09 bits per heavy atom. The first-order valence-corrected chi connectivity index (χ1v) is 8.08. The number of rotatable bonds is 5. The predicted molar refractivity (Wildman–Crippen MR) is 91.3 cm³/mol. The van der Waals surface area contributed by atoms with Crippen molar-refractivity contribution in [3.05, 3.63) is 70.2 Å². The van der Waals surface area contributed by atoms with Gasteiger partial charge >= 0.3 is 0 Å². The zero-order valence-electron chi connectivity index (χ0n) is 12.6. The molecule has 0 radical (unpaired) electrons. The Hall–Kier alpha value is -2.27. The average Bonchev–Trinajstić information content (AvgIpc) is 3.02. The molecule has 0 N–H and O–H groups in total. The lowest BCUT2D eigenvalue weighted by atomic mass is 10.1. The largest absolute Gasteiger partial charge is 0.361 e. The molecule has 0 bridgehead atoms. The van der Waals surface area contributed by atoms with Gasteiger partial charge < -0.3 is 4.52 Å². The highest BCUT2D eigenvalue weighted by Crippen LogP contribution is 2.23. The van der Waals surface area contributed by atoms with Gasteiger partial charge in [-0.1, -0.05) is 33.2 Å². The molecule has 0 atom stereocenters. The van der Waals surface area contributed by atoms with E-state index in [1.54, 1.807) is 12.3 Å². The molecule has 4 nitrogen and oxygen atoms in total. The Morgan fingerprint density at radius 1 is 1.22 bits per heavy atom. The fraction of sp³-hybridized carbons (Fsp3) is 0.167. The molecular weight excluding hydrogens is 356 g/mol. The second-order valence-corrected chi connectivity index (χ2v) is 6.22. The number of pyridine rings is 1. The van der Waals surface area contributed by atoms with Gasteiger partial charge in [0.05, 0.1) is 0 Å². The number of aromatic nitrogens is 2. The number of benzene rings is 1. The molecular formula is C18H15BrN2O2. The van der Waals surface area contributed by atoms with Crippen LogP contribution < -0.4 is 0 Å². The molecule has 0 unspecified atom stereocenters. The molecule has 5 heteroatoms. The molecule has 0 amide bonds. The Bertz CT molecular complexity index is 825. The third-order valence-corrected chi connectivity index (χ3v) is 4.00. The molecule has 0 spiro atoms. The maximum atomic E-state index is 12.1. The lowest BCUT2D eigenvalue weighted by Gasteiger charge is -1.99. The number of hydrogen-bond acceptors (Lipinski definition) is 4. The van der Waals surface area contributed by atoms with Gasteiger partial charge in [-0.05, 0) is 31.2 Å². The highest BCUT2D eigenvalue weighted by atomic mass is 79.9. The molecule has 2 heterocycles. The van der Waals surface area contributed by atoms with E-state index in [-0.39, 0.29) is 5.78 Å². The van der Waals surface area contributed by atoms with Gasteiger partial charge in [-0.25, -0.2) is 0 Å². The quantitative estimate of drug-likeness (QED) is 0.614. The molecule has 3 rings (SSSR count). The van der Waals surface area contributed by atoms with Crippen LogP contribution in [-0.4, -0.2) is 15.9 Å². The van der Waals surface area contributed by atoms with Gasteiger partial charge in [0.25, 0.3) is 0 Å². The van der Waals surface area contributed by atoms with Crippen LogP contribution in [-0.2, 0) is 6.42 Å². The maximum Gasteiger partial charge on any atom is 0.164 e. The summed E-state index contributed by atoms with van der Waals surface area (Å²) in [5.41, 5.74) is 3.27. The zero-order chi connectivity index (χ0) is 16.2. The SMILES string of the molecule is Cc1ccc(C(=O)CCc2cc(-c3cccc(Br)c3)no2)cn1. The number of hydrogen-bond donors (Lipinski definition) is 0. The minimum absolute atomic E-state index is 0.0536. The van der Waals surface area contributed by atoms with Crippen LogP contribution in [0.4, 0.5) is 0 Å². The fourth-order valence-electron chi connectivity index (χ4n) is 2.23. The first-order chi connectivity index (χ1) is 11.1. The third-order valence-electron chi connectivity index (χ3n) is 3.51. The molecule has 3 aromatic rings. The number of halogens is 1. The van der Waals surface area contributed by atoms with E-state index in [1.807, 2.05) is 43.3 Å². The van der Waals surface area contributed by atoms with E-state index in [1.165, 1.54) is 0 Å². The number of nitrogens with zero attached hydrogens (tertiary/aromatic N) is 2. The first-order valence-electron chi connectivity index (χ1n) is 7.29. The van der Waals surface area contributed by atoms with Crippen molar-refractivity contribution in [3.63, 3.8) is 0 Å². The van der Waals surface area contributed by atoms with Crippen molar-refractivity contribution in [1.29, 1.82) is 0 Å². The number of ketones is 1. The highest BCUT2D eigenvalue weighted by Gasteiger charge is 2.11. The van der Waals surface area contributed by atoms with E-state index < -0.39 is 0 Å². The third kappa shape index (κ3) is 3.93. The summed E-state index contributed by atoms with van der Waals surface area (Å²) in [5.74, 6) is 0.756. The summed E-state index contributed by atoms with van der Waals surface area (Å²) in [7, 11) is 0. The lowest BCUT2D eigenvalue weighted by molar-refractivity contribution is 0.0980. The van der Waals surface area contributed by atoms with Gasteiger partial charge in [0.1, 0.15) is 11.5 Å². The normalized spacial score (nSPS) is 10.7. The molecule has 0 saturated heterocycles. The van der Waals surface area contributed by atoms with Crippen LogP contribution in [0.2, 0.25) is 0 Å². The van der Waals surface area contributed by atoms with Crippen LogP contribution in [0.1, 0.15) is 28.2 Å². The van der Waals surface area contributed by atoms with Gasteiger partial charge in [-0.2, -0.15) is 0 Å². The summed E-state index contributed by atoms with van der Waals surface area (Å²) in [6, 6.07) is 13.4. The maximum absolute atomic E-state index is 12.1. The number of Topliss-reactive ketones (excluding diaryl/α,β-unsaturated/α-hetero) is 1. The van der Waals surface area contributed by atoms with Crippen LogP contribution in [0.25, 0.3) is 11.3 Å². The first kappa shape index (κ1) is 15.6. The lowest BCUT2D eigenvalue weighted by Crippen LogP contribution is -2.01. The summed E-state index contributed by atoms with van der Waals surface area (Å²) in [5, 5.41) is 4.07. The molecule has 116 valence electrons. The topological polar surface area (TPSA) is 56.0 Å². The van der Waals surface area contributed by atoms with E-state index in [0.29, 0.717) is 24.2 Å². The molecule has 0 aliphatic carbocycles. The van der Waals surface area contributed by atoms with Crippen molar-refractivity contribution in [2.45, 2.75) is 19.8 Å². The summed E-state index contributed by atoms with van der Waals surface area (Å²) < 4.78 is 6.32. The fourth-order valence-corrected chi connectivity index (χ4v) is 2.63. The zero-order valence-corrected chi connectivity index (χ0v) is 14.2. The van der Waals surface area contributed by atoms with Crippen molar-refractivity contribution in [1.82, 2.24) is 10.1 Å². The summed E-state index contributed by atoms with van der Waals surface area (Å²) >= 11 is 3.44. The summed E-state index contributed by atoms with van der Waals surface area (Å²) in [6.45, 7) is 1.90. The number of carbonyl (C=O) groups excluding carboxylic acids is 1. The Balaban J connectivity index is 1.65. The van der Waals surface area contributed by atoms with E-state index in [4.69, 9.17) is 4.52 Å². The van der Waals surface area contributed by atoms with E-state index in [9.17, 15) is 4.79 Å². The second kappa shape index (κ2) is 6.87. The highest BCUT2D eigenvalue weighted by molar-refractivity contribution is 9.10. The van der Waals surface area contributed by atoms with Crippen molar-refractivity contribution >= 4 is 21.7 Å². The standard InChI is InChI=1S/C18H15BrN2O2/c1-12-5-6-14(11-20-12)18(22)8-7-16-10-17(21-23-16)13-3-2-4-15(19)9-13/h2-6,9-11H,7-8H2,1H3. The van der Waals surface area contributed by atoms with Crippen molar-refractivity contribution in [3.8, 4) is 11.3 Å². The van der Waals surface area contributed by atoms with Gasteiger partial charge in [0.15, 0.2) is 5.78 Å². The Labute approximate surface area is 142 Å². The van der Waals surface area contributed by atoms with E-state index >= 15 is 0 Å². The summed E-state index contributed by atoms with van der Waals surface area (Å²) in [4.78, 5) is 16.3. The Kier molecular flexibility index (Phi) is 4.67. The Morgan fingerprint density at radius 3 is 2.83 bits per heavy atom. The van der Waals surface area contributed by atoms with Gasteiger partial charge in [0, 0.05) is 46.4 Å². The van der Waals surface area contributed by atoms with E-state index in [2.05, 4.69) is 26.1 Å². The minimum atomic E-state index is 0.0536. The van der Waals surface area contributed by atoms with Crippen molar-refractivity contribution in [2.75, 3.05) is 0 Å². The monoisotopic (exact) mass is 370 g/mol. The molecule has 0 aliphatic rings.